The van der Waals surface area contributed by atoms with E-state index in [-0.39, 0.29) is 0 Å². The van der Waals surface area contributed by atoms with Crippen molar-refractivity contribution in [1.29, 1.82) is 0 Å². The second kappa shape index (κ2) is 6.26. The molecule has 21 heavy (non-hydrogen) atoms. The molecule has 112 valence electrons. The van der Waals surface area contributed by atoms with Crippen LogP contribution in [0.4, 0.5) is 0 Å². The van der Waals surface area contributed by atoms with Gasteiger partial charge in [-0.2, -0.15) is 5.10 Å². The highest BCUT2D eigenvalue weighted by atomic mass is 16.5. The Hall–Kier alpha value is -1.88. The van der Waals surface area contributed by atoms with Crippen molar-refractivity contribution in [3.05, 3.63) is 41.5 Å². The summed E-state index contributed by atoms with van der Waals surface area (Å²) in [6.07, 6.45) is 4.39. The zero-order valence-electron chi connectivity index (χ0n) is 12.7. The fourth-order valence-corrected chi connectivity index (χ4v) is 2.28. The van der Waals surface area contributed by atoms with Crippen LogP contribution in [0.5, 0.6) is 5.75 Å². The molecular formula is C16H22N4O. The summed E-state index contributed by atoms with van der Waals surface area (Å²) in [5.74, 6) is 0.798. The molecule has 0 bridgehead atoms. The van der Waals surface area contributed by atoms with Gasteiger partial charge in [0.15, 0.2) is 0 Å². The van der Waals surface area contributed by atoms with E-state index in [2.05, 4.69) is 28.4 Å². The van der Waals surface area contributed by atoms with Crippen molar-refractivity contribution in [3.63, 3.8) is 0 Å². The maximum atomic E-state index is 5.80. The van der Waals surface area contributed by atoms with Crippen LogP contribution >= 0.6 is 0 Å². The SMILES string of the molecule is CCn1nc(C)cc1COc1ccc(CNC2CC2)nc1. The number of aryl methyl sites for hydroxylation is 2. The van der Waals surface area contributed by atoms with Gasteiger partial charge in [0.05, 0.1) is 23.3 Å². The number of nitrogens with zero attached hydrogens (tertiary/aromatic N) is 3. The summed E-state index contributed by atoms with van der Waals surface area (Å²) < 4.78 is 7.77. The molecule has 1 saturated carbocycles. The highest BCUT2D eigenvalue weighted by Gasteiger charge is 2.20. The molecule has 0 aromatic carbocycles. The monoisotopic (exact) mass is 286 g/mol. The lowest BCUT2D eigenvalue weighted by molar-refractivity contribution is 0.291. The van der Waals surface area contributed by atoms with Crippen molar-refractivity contribution in [2.45, 2.75) is 52.4 Å². The summed E-state index contributed by atoms with van der Waals surface area (Å²) in [5.41, 5.74) is 3.17. The molecule has 2 aromatic rings. The predicted octanol–water partition coefficient (Wildman–Crippen LogP) is 2.44. The lowest BCUT2D eigenvalue weighted by Crippen LogP contribution is -2.16. The quantitative estimate of drug-likeness (QED) is 0.849. The van der Waals surface area contributed by atoms with Gasteiger partial charge in [0.2, 0.25) is 0 Å². The Balaban J connectivity index is 1.54. The van der Waals surface area contributed by atoms with Gasteiger partial charge in [0, 0.05) is 19.1 Å². The molecule has 0 atom stereocenters. The minimum atomic E-state index is 0.524. The lowest BCUT2D eigenvalue weighted by Gasteiger charge is -2.08. The molecule has 0 radical (unpaired) electrons. The van der Waals surface area contributed by atoms with Crippen molar-refractivity contribution >= 4 is 0 Å². The van der Waals surface area contributed by atoms with E-state index in [1.807, 2.05) is 23.7 Å². The normalized spacial score (nSPS) is 14.4. The predicted molar refractivity (Wildman–Crippen MR) is 81.1 cm³/mol. The van der Waals surface area contributed by atoms with Crippen LogP contribution in [-0.2, 0) is 19.7 Å². The Bertz CT molecular complexity index is 587. The van der Waals surface area contributed by atoms with Crippen LogP contribution in [0.1, 0.15) is 36.8 Å². The van der Waals surface area contributed by atoms with Crippen molar-refractivity contribution in [1.82, 2.24) is 20.1 Å². The Morgan fingerprint density at radius 3 is 2.90 bits per heavy atom. The van der Waals surface area contributed by atoms with Crippen LogP contribution in [0.3, 0.4) is 0 Å². The van der Waals surface area contributed by atoms with Gasteiger partial charge in [-0.25, -0.2) is 0 Å². The number of ether oxygens (including phenoxy) is 1. The maximum Gasteiger partial charge on any atom is 0.138 e. The molecule has 2 aromatic heterocycles. The van der Waals surface area contributed by atoms with Gasteiger partial charge >= 0.3 is 0 Å². The zero-order valence-corrected chi connectivity index (χ0v) is 12.7. The first-order valence-electron chi connectivity index (χ1n) is 7.59. The molecule has 0 aliphatic heterocycles. The smallest absolute Gasteiger partial charge is 0.138 e. The summed E-state index contributed by atoms with van der Waals surface area (Å²) in [6.45, 7) is 6.30. The third kappa shape index (κ3) is 3.82. The van der Waals surface area contributed by atoms with E-state index in [1.165, 1.54) is 12.8 Å². The first-order chi connectivity index (χ1) is 10.2. The second-order valence-corrected chi connectivity index (χ2v) is 5.52. The van der Waals surface area contributed by atoms with Gasteiger partial charge in [0.25, 0.3) is 0 Å². The molecule has 5 heteroatoms. The summed E-state index contributed by atoms with van der Waals surface area (Å²) in [6, 6.07) is 6.77. The Morgan fingerprint density at radius 1 is 1.38 bits per heavy atom. The van der Waals surface area contributed by atoms with Crippen molar-refractivity contribution < 1.29 is 4.74 Å². The van der Waals surface area contributed by atoms with E-state index in [9.17, 15) is 0 Å². The third-order valence-electron chi connectivity index (χ3n) is 3.62. The molecule has 0 spiro atoms. The topological polar surface area (TPSA) is 52.0 Å². The van der Waals surface area contributed by atoms with Gasteiger partial charge in [-0.15, -0.1) is 0 Å². The fraction of sp³-hybridized carbons (Fsp3) is 0.500. The number of aromatic nitrogens is 3. The largest absolute Gasteiger partial charge is 0.486 e. The number of hydrogen-bond donors (Lipinski definition) is 1. The Morgan fingerprint density at radius 2 is 2.24 bits per heavy atom. The standard InChI is InChI=1S/C16H22N4O/c1-3-20-15(8-12(2)19-20)11-21-16-7-6-14(18-10-16)9-17-13-4-5-13/h6-8,10,13,17H,3-5,9,11H2,1-2H3. The van der Waals surface area contributed by atoms with Crippen molar-refractivity contribution in [2.75, 3.05) is 0 Å². The van der Waals surface area contributed by atoms with Crippen LogP contribution in [0.25, 0.3) is 0 Å². The van der Waals surface area contributed by atoms with E-state index < -0.39 is 0 Å². The van der Waals surface area contributed by atoms with Gasteiger partial charge < -0.3 is 10.1 Å². The molecule has 5 nitrogen and oxygen atoms in total. The molecule has 1 N–H and O–H groups in total. The average Bonchev–Trinajstić information content (AvgIpc) is 3.26. The van der Waals surface area contributed by atoms with Crippen LogP contribution < -0.4 is 10.1 Å². The molecule has 1 aliphatic rings. The second-order valence-electron chi connectivity index (χ2n) is 5.52. The molecule has 1 aliphatic carbocycles. The van der Waals surface area contributed by atoms with E-state index in [0.717, 1.165) is 35.9 Å². The number of pyridine rings is 1. The van der Waals surface area contributed by atoms with E-state index in [4.69, 9.17) is 4.74 Å². The Kier molecular flexibility index (Phi) is 4.20. The van der Waals surface area contributed by atoms with Gasteiger partial charge in [-0.3, -0.25) is 9.67 Å². The highest BCUT2D eigenvalue weighted by molar-refractivity contribution is 5.20. The van der Waals surface area contributed by atoms with E-state index >= 15 is 0 Å². The molecule has 1 fully saturated rings. The van der Waals surface area contributed by atoms with E-state index in [1.54, 1.807) is 6.20 Å². The first-order valence-corrected chi connectivity index (χ1v) is 7.59. The van der Waals surface area contributed by atoms with Crippen LogP contribution in [0.15, 0.2) is 24.4 Å². The summed E-state index contributed by atoms with van der Waals surface area (Å²) in [7, 11) is 0. The summed E-state index contributed by atoms with van der Waals surface area (Å²) in [4.78, 5) is 4.43. The van der Waals surface area contributed by atoms with E-state index in [0.29, 0.717) is 12.6 Å². The fourth-order valence-electron chi connectivity index (χ4n) is 2.28. The first kappa shape index (κ1) is 14.1. The molecular weight excluding hydrogens is 264 g/mol. The molecule has 2 heterocycles. The highest BCUT2D eigenvalue weighted by Crippen LogP contribution is 2.19. The van der Waals surface area contributed by atoms with Crippen LogP contribution in [0, 0.1) is 6.92 Å². The molecule has 0 saturated heterocycles. The number of hydrogen-bond acceptors (Lipinski definition) is 4. The van der Waals surface area contributed by atoms with Crippen LogP contribution in [0.2, 0.25) is 0 Å². The summed E-state index contributed by atoms with van der Waals surface area (Å²) in [5, 5.41) is 7.87. The summed E-state index contributed by atoms with van der Waals surface area (Å²) >= 11 is 0. The zero-order chi connectivity index (χ0) is 14.7. The molecule has 0 amide bonds. The van der Waals surface area contributed by atoms with Crippen molar-refractivity contribution in [3.8, 4) is 5.75 Å². The van der Waals surface area contributed by atoms with Crippen molar-refractivity contribution in [2.24, 2.45) is 0 Å². The Labute approximate surface area is 125 Å². The van der Waals surface area contributed by atoms with Crippen LogP contribution in [-0.4, -0.2) is 20.8 Å². The molecule has 3 rings (SSSR count). The van der Waals surface area contributed by atoms with Gasteiger partial charge in [0.1, 0.15) is 12.4 Å². The average molecular weight is 286 g/mol. The van der Waals surface area contributed by atoms with Gasteiger partial charge in [-0.1, -0.05) is 0 Å². The number of nitrogens with one attached hydrogen (secondary N) is 1. The maximum absolute atomic E-state index is 5.80. The molecule has 0 unspecified atom stereocenters. The minimum Gasteiger partial charge on any atom is -0.486 e. The number of rotatable bonds is 7. The van der Waals surface area contributed by atoms with Gasteiger partial charge in [-0.05, 0) is 44.9 Å². The minimum absolute atomic E-state index is 0.524. The third-order valence-corrected chi connectivity index (χ3v) is 3.62. The lowest BCUT2D eigenvalue weighted by atomic mass is 10.3.